The van der Waals surface area contributed by atoms with E-state index < -0.39 is 5.88 Å². The summed E-state index contributed by atoms with van der Waals surface area (Å²) in [4.78, 5) is 16.9. The first-order valence-corrected chi connectivity index (χ1v) is 13.2. The molecule has 0 aliphatic rings. The van der Waals surface area contributed by atoms with Crippen LogP contribution in [-0.4, -0.2) is 52.1 Å². The van der Waals surface area contributed by atoms with E-state index >= 15 is 0 Å². The van der Waals surface area contributed by atoms with Crippen molar-refractivity contribution in [2.45, 2.75) is 39.0 Å². The number of ether oxygens (including phenoxy) is 2. The minimum absolute atomic E-state index is 0.0178. The molecule has 0 atom stereocenters. The number of rotatable bonds is 12. The Morgan fingerprint density at radius 3 is 2.33 bits per heavy atom. The topological polar surface area (TPSA) is 140 Å². The fourth-order valence-corrected chi connectivity index (χ4v) is 4.44. The maximum Gasteiger partial charge on any atom is 0.257 e. The standard InChI is InChI=1S/C29H31ClN4O6/c1-4-5-7-19-24(25-20(38-2)8-6-9-21(25)39-3)27(36)26(28(37)32-19)29-34-33-23(40-29)16-22(35)31-15-14-17-10-12-18(30)13-11-17/h6,8-13H,4-5,7,14-16H2,1-3H3,(H,31,35)(H2,32,36,37). The first-order chi connectivity index (χ1) is 19.4. The van der Waals surface area contributed by atoms with Gasteiger partial charge in [0, 0.05) is 11.6 Å². The Balaban J connectivity index is 1.61. The van der Waals surface area contributed by atoms with Crippen LogP contribution in [0.4, 0.5) is 0 Å². The van der Waals surface area contributed by atoms with Gasteiger partial charge in [-0.25, -0.2) is 4.98 Å². The van der Waals surface area contributed by atoms with Crippen LogP contribution >= 0.6 is 11.6 Å². The van der Waals surface area contributed by atoms with Gasteiger partial charge in [-0.15, -0.1) is 10.2 Å². The molecule has 0 radical (unpaired) electrons. The van der Waals surface area contributed by atoms with E-state index in [1.54, 1.807) is 30.3 Å². The van der Waals surface area contributed by atoms with Gasteiger partial charge in [-0.05, 0) is 49.1 Å². The van der Waals surface area contributed by atoms with Crippen LogP contribution in [-0.2, 0) is 24.1 Å². The zero-order valence-electron chi connectivity index (χ0n) is 22.5. The van der Waals surface area contributed by atoms with E-state index in [4.69, 9.17) is 25.5 Å². The van der Waals surface area contributed by atoms with E-state index in [1.807, 2.05) is 19.1 Å². The third-order valence-electron chi connectivity index (χ3n) is 6.31. The SMILES string of the molecule is CCCCc1nc(O)c(-c2nnc(CC(=O)NCCc3ccc(Cl)cc3)o2)c(O)c1-c1c(OC)cccc1OC. The van der Waals surface area contributed by atoms with E-state index in [9.17, 15) is 15.0 Å². The number of nitrogens with one attached hydrogen (secondary N) is 1. The second-order valence-electron chi connectivity index (χ2n) is 9.03. The number of hydrogen-bond donors (Lipinski definition) is 3. The minimum Gasteiger partial charge on any atom is -0.506 e. The summed E-state index contributed by atoms with van der Waals surface area (Å²) in [5.74, 6) is -0.356. The van der Waals surface area contributed by atoms with Crippen LogP contribution in [0.5, 0.6) is 23.1 Å². The number of carbonyl (C=O) groups excluding carboxylic acids is 1. The molecule has 10 nitrogen and oxygen atoms in total. The third-order valence-corrected chi connectivity index (χ3v) is 6.57. The molecule has 0 aliphatic carbocycles. The van der Waals surface area contributed by atoms with Crippen LogP contribution in [0.25, 0.3) is 22.6 Å². The second kappa shape index (κ2) is 13.2. The summed E-state index contributed by atoms with van der Waals surface area (Å²) in [6, 6.07) is 12.6. The predicted octanol–water partition coefficient (Wildman–Crippen LogP) is 5.12. The monoisotopic (exact) mass is 566 g/mol. The van der Waals surface area contributed by atoms with Crippen molar-refractivity contribution in [2.75, 3.05) is 20.8 Å². The third kappa shape index (κ3) is 6.45. The lowest BCUT2D eigenvalue weighted by atomic mass is 9.95. The van der Waals surface area contributed by atoms with E-state index in [0.717, 1.165) is 18.4 Å². The lowest BCUT2D eigenvalue weighted by Gasteiger charge is -2.18. The summed E-state index contributed by atoms with van der Waals surface area (Å²) in [5, 5.41) is 33.7. The maximum absolute atomic E-state index is 12.5. The summed E-state index contributed by atoms with van der Waals surface area (Å²) in [6.07, 6.45) is 2.59. The fraction of sp³-hybridized carbons (Fsp3) is 0.310. The highest BCUT2D eigenvalue weighted by Crippen LogP contribution is 2.49. The van der Waals surface area contributed by atoms with Gasteiger partial charge in [-0.2, -0.15) is 0 Å². The average molecular weight is 567 g/mol. The molecule has 0 spiro atoms. The number of hydrogen-bond acceptors (Lipinski definition) is 9. The van der Waals surface area contributed by atoms with Crippen molar-refractivity contribution < 1.29 is 28.9 Å². The number of aryl methyl sites for hydroxylation is 1. The van der Waals surface area contributed by atoms with Gasteiger partial charge in [0.05, 0.1) is 31.0 Å². The quantitative estimate of drug-likeness (QED) is 0.213. The molecule has 2 heterocycles. The van der Waals surface area contributed by atoms with Gasteiger partial charge in [-0.1, -0.05) is 43.1 Å². The molecule has 210 valence electrons. The molecule has 11 heteroatoms. The lowest BCUT2D eigenvalue weighted by molar-refractivity contribution is -0.120. The summed E-state index contributed by atoms with van der Waals surface area (Å²) < 4.78 is 16.8. The molecule has 4 aromatic rings. The zero-order chi connectivity index (χ0) is 28.6. The Bertz CT molecular complexity index is 1450. The average Bonchev–Trinajstić information content (AvgIpc) is 3.40. The zero-order valence-corrected chi connectivity index (χ0v) is 23.3. The van der Waals surface area contributed by atoms with Gasteiger partial charge in [-0.3, -0.25) is 4.79 Å². The molecule has 1 amide bonds. The van der Waals surface area contributed by atoms with Crippen LogP contribution in [0, 0.1) is 0 Å². The summed E-state index contributed by atoms with van der Waals surface area (Å²) in [7, 11) is 3.03. The maximum atomic E-state index is 12.5. The number of amides is 1. The summed E-state index contributed by atoms with van der Waals surface area (Å²) in [6.45, 7) is 2.45. The predicted molar refractivity (Wildman–Crippen MR) is 150 cm³/mol. The number of benzene rings is 2. The first-order valence-electron chi connectivity index (χ1n) is 12.9. The molecule has 0 bridgehead atoms. The van der Waals surface area contributed by atoms with E-state index in [-0.39, 0.29) is 35.4 Å². The molecule has 40 heavy (non-hydrogen) atoms. The Morgan fingerprint density at radius 2 is 1.68 bits per heavy atom. The molecule has 3 N–H and O–H groups in total. The smallest absolute Gasteiger partial charge is 0.257 e. The number of carbonyl (C=O) groups is 1. The van der Waals surface area contributed by atoms with Crippen LogP contribution < -0.4 is 14.8 Å². The molecule has 0 aliphatic heterocycles. The minimum atomic E-state index is -0.469. The van der Waals surface area contributed by atoms with Crippen molar-refractivity contribution in [1.82, 2.24) is 20.5 Å². The van der Waals surface area contributed by atoms with Crippen molar-refractivity contribution >= 4 is 17.5 Å². The Morgan fingerprint density at radius 1 is 0.975 bits per heavy atom. The van der Waals surface area contributed by atoms with E-state index in [0.29, 0.717) is 52.7 Å². The molecule has 0 unspecified atom stereocenters. The Labute approximate surface area is 237 Å². The van der Waals surface area contributed by atoms with Crippen molar-refractivity contribution in [3.05, 3.63) is 64.6 Å². The fourth-order valence-electron chi connectivity index (χ4n) is 4.31. The number of pyridine rings is 1. The molecular weight excluding hydrogens is 536 g/mol. The van der Waals surface area contributed by atoms with Crippen LogP contribution in [0.1, 0.15) is 36.9 Å². The highest BCUT2D eigenvalue weighted by molar-refractivity contribution is 6.30. The molecule has 0 fully saturated rings. The molecule has 0 saturated heterocycles. The van der Waals surface area contributed by atoms with Crippen molar-refractivity contribution in [3.8, 4) is 45.7 Å². The van der Waals surface area contributed by atoms with Crippen molar-refractivity contribution in [3.63, 3.8) is 0 Å². The number of nitrogens with zero attached hydrogens (tertiary/aromatic N) is 3. The highest BCUT2D eigenvalue weighted by atomic mass is 35.5. The number of halogens is 1. The number of aromatic hydroxyl groups is 2. The summed E-state index contributed by atoms with van der Waals surface area (Å²) in [5.41, 5.74) is 2.15. The molecular formula is C29H31ClN4O6. The lowest BCUT2D eigenvalue weighted by Crippen LogP contribution is -2.27. The van der Waals surface area contributed by atoms with Gasteiger partial charge in [0.15, 0.2) is 0 Å². The number of unbranched alkanes of at least 4 members (excludes halogenated alkanes) is 1. The normalized spacial score (nSPS) is 10.9. The molecule has 0 saturated carbocycles. The molecule has 4 rings (SSSR count). The van der Waals surface area contributed by atoms with Gasteiger partial charge < -0.3 is 29.4 Å². The number of aromatic nitrogens is 3. The number of methoxy groups -OCH3 is 2. The van der Waals surface area contributed by atoms with E-state index in [1.165, 1.54) is 14.2 Å². The van der Waals surface area contributed by atoms with Crippen molar-refractivity contribution in [2.24, 2.45) is 0 Å². The Kier molecular flexibility index (Phi) is 9.44. The van der Waals surface area contributed by atoms with Crippen LogP contribution in [0.15, 0.2) is 46.9 Å². The van der Waals surface area contributed by atoms with Gasteiger partial charge in [0.2, 0.25) is 17.7 Å². The largest absolute Gasteiger partial charge is 0.506 e. The van der Waals surface area contributed by atoms with Crippen LogP contribution in [0.3, 0.4) is 0 Å². The highest BCUT2D eigenvalue weighted by Gasteiger charge is 2.29. The first kappa shape index (κ1) is 28.7. The van der Waals surface area contributed by atoms with Gasteiger partial charge in [0.25, 0.3) is 5.89 Å². The second-order valence-corrected chi connectivity index (χ2v) is 9.46. The molecule has 2 aromatic carbocycles. The Hall–Kier alpha value is -4.31. The van der Waals surface area contributed by atoms with Crippen molar-refractivity contribution in [1.29, 1.82) is 0 Å². The van der Waals surface area contributed by atoms with Gasteiger partial charge in [0.1, 0.15) is 29.2 Å². The molecule has 2 aromatic heterocycles. The van der Waals surface area contributed by atoms with E-state index in [2.05, 4.69) is 20.5 Å². The summed E-state index contributed by atoms with van der Waals surface area (Å²) >= 11 is 5.91. The van der Waals surface area contributed by atoms with Gasteiger partial charge >= 0.3 is 0 Å². The van der Waals surface area contributed by atoms with Crippen LogP contribution in [0.2, 0.25) is 5.02 Å².